The van der Waals surface area contributed by atoms with Crippen molar-refractivity contribution in [3.63, 3.8) is 0 Å². The average molecular weight is 303 g/mol. The van der Waals surface area contributed by atoms with Gasteiger partial charge in [-0.05, 0) is 29.8 Å². The molecule has 0 fully saturated rings. The molecule has 2 aromatic carbocycles. The van der Waals surface area contributed by atoms with Gasteiger partial charge < -0.3 is 4.84 Å². The Morgan fingerprint density at radius 1 is 1.05 bits per heavy atom. The van der Waals surface area contributed by atoms with E-state index in [2.05, 4.69) is 11.4 Å². The molecule has 0 aliphatic heterocycles. The number of rotatable bonds is 4. The Morgan fingerprint density at radius 2 is 1.73 bits per heavy atom. The van der Waals surface area contributed by atoms with Gasteiger partial charge in [0, 0.05) is 5.56 Å². The number of alkyl halides is 3. The minimum absolute atomic E-state index is 0.0901. The largest absolute Gasteiger partial charge is 0.416 e. The summed E-state index contributed by atoms with van der Waals surface area (Å²) in [7, 11) is 0. The van der Waals surface area contributed by atoms with Crippen LogP contribution in [-0.2, 0) is 17.6 Å². The van der Waals surface area contributed by atoms with E-state index in [0.29, 0.717) is 16.7 Å². The quantitative estimate of drug-likeness (QED) is 0.633. The van der Waals surface area contributed by atoms with Gasteiger partial charge in [0.2, 0.25) is 0 Å². The molecule has 22 heavy (non-hydrogen) atoms. The van der Waals surface area contributed by atoms with Crippen molar-refractivity contribution in [2.45, 2.75) is 12.8 Å². The van der Waals surface area contributed by atoms with E-state index in [4.69, 9.17) is 10.1 Å². The molecule has 0 aliphatic rings. The number of halogens is 3. The van der Waals surface area contributed by atoms with Crippen molar-refractivity contribution in [3.8, 4) is 6.07 Å². The fourth-order valence-electron chi connectivity index (χ4n) is 1.65. The van der Waals surface area contributed by atoms with Crippen LogP contribution in [0.25, 0.3) is 0 Å². The van der Waals surface area contributed by atoms with E-state index in [1.54, 1.807) is 24.3 Å². The molecular weight excluding hydrogens is 293 g/mol. The second kappa shape index (κ2) is 6.76. The lowest BCUT2D eigenvalue weighted by molar-refractivity contribution is -0.137. The predicted molar refractivity (Wildman–Crippen MR) is 73.9 cm³/mol. The summed E-state index contributed by atoms with van der Waals surface area (Å²) in [5.74, 6) is 0. The zero-order valence-electron chi connectivity index (χ0n) is 11.3. The van der Waals surface area contributed by atoms with E-state index in [-0.39, 0.29) is 6.61 Å². The molecule has 111 valence electrons. The first-order valence-corrected chi connectivity index (χ1v) is 6.23. The first-order chi connectivity index (χ1) is 10.5. The Bertz CT molecular complexity index is 701. The Labute approximate surface area is 125 Å². The van der Waals surface area contributed by atoms with E-state index < -0.39 is 11.7 Å². The third-order valence-electron chi connectivity index (χ3n) is 2.74. The van der Waals surface area contributed by atoms with Gasteiger partial charge in [-0.2, -0.15) is 18.4 Å². The Kier molecular flexibility index (Phi) is 4.79. The molecule has 0 N–H and O–H groups in total. The normalized spacial score (nSPS) is 11.4. The molecule has 0 aromatic heterocycles. The molecule has 0 spiro atoms. The second-order valence-electron chi connectivity index (χ2n) is 4.36. The molecule has 0 saturated carbocycles. The van der Waals surface area contributed by atoms with Crippen LogP contribution in [0.3, 0.4) is 0 Å². The van der Waals surface area contributed by atoms with Crippen LogP contribution in [0.5, 0.6) is 0 Å². The fraction of sp³-hybridized carbons (Fsp3) is 0.125. The number of hydrogen-bond acceptors (Lipinski definition) is 3. The summed E-state index contributed by atoms with van der Waals surface area (Å²) in [5, 5.41) is 12.2. The maximum atomic E-state index is 12.5. The topological polar surface area (TPSA) is 45.4 Å². The predicted octanol–water partition coefficient (Wildman–Crippen LogP) is 4.00. The third-order valence-corrected chi connectivity index (χ3v) is 2.74. The van der Waals surface area contributed by atoms with Crippen LogP contribution in [-0.4, -0.2) is 6.21 Å². The average Bonchev–Trinajstić information content (AvgIpc) is 2.52. The Hall–Kier alpha value is -2.81. The molecule has 2 rings (SSSR count). The van der Waals surface area contributed by atoms with Crippen molar-refractivity contribution < 1.29 is 18.0 Å². The molecule has 0 amide bonds. The van der Waals surface area contributed by atoms with Crippen LogP contribution in [0.2, 0.25) is 0 Å². The zero-order chi connectivity index (χ0) is 16.0. The molecule has 3 nitrogen and oxygen atoms in total. The minimum Gasteiger partial charge on any atom is -0.390 e. The first-order valence-electron chi connectivity index (χ1n) is 6.23. The summed E-state index contributed by atoms with van der Waals surface area (Å²) < 4.78 is 37.6. The Balaban J connectivity index is 1.93. The van der Waals surface area contributed by atoms with Crippen LogP contribution < -0.4 is 0 Å². The van der Waals surface area contributed by atoms with Gasteiger partial charge in [-0.25, -0.2) is 0 Å². The van der Waals surface area contributed by atoms with Crippen molar-refractivity contribution in [3.05, 3.63) is 70.8 Å². The fourth-order valence-corrected chi connectivity index (χ4v) is 1.65. The molecule has 0 bridgehead atoms. The molecule has 0 saturated heterocycles. The third kappa shape index (κ3) is 4.35. The van der Waals surface area contributed by atoms with Gasteiger partial charge in [0.15, 0.2) is 0 Å². The van der Waals surface area contributed by atoms with Crippen molar-refractivity contribution in [2.75, 3.05) is 0 Å². The maximum absolute atomic E-state index is 12.5. The van der Waals surface area contributed by atoms with E-state index in [1.807, 2.05) is 6.07 Å². The SMILES string of the molecule is N#Cc1ccc(/[C]=N\OCc2cccc(C(F)(F)F)c2)cc1. The highest BCUT2D eigenvalue weighted by atomic mass is 19.4. The smallest absolute Gasteiger partial charge is 0.390 e. The monoisotopic (exact) mass is 303 g/mol. The lowest BCUT2D eigenvalue weighted by Gasteiger charge is -2.07. The molecule has 0 unspecified atom stereocenters. The van der Waals surface area contributed by atoms with Crippen LogP contribution in [0.1, 0.15) is 22.3 Å². The van der Waals surface area contributed by atoms with Gasteiger partial charge >= 0.3 is 6.18 Å². The van der Waals surface area contributed by atoms with Crippen LogP contribution in [0, 0.1) is 11.3 Å². The van der Waals surface area contributed by atoms with Gasteiger partial charge in [-0.1, -0.05) is 29.4 Å². The van der Waals surface area contributed by atoms with Gasteiger partial charge in [0.1, 0.15) is 12.8 Å². The highest BCUT2D eigenvalue weighted by molar-refractivity contribution is 5.79. The van der Waals surface area contributed by atoms with Crippen LogP contribution in [0.4, 0.5) is 13.2 Å². The van der Waals surface area contributed by atoms with E-state index in [1.165, 1.54) is 12.1 Å². The lowest BCUT2D eigenvalue weighted by Crippen LogP contribution is -2.05. The molecule has 0 atom stereocenters. The highest BCUT2D eigenvalue weighted by Gasteiger charge is 2.30. The molecule has 2 aromatic rings. The summed E-state index contributed by atoms with van der Waals surface area (Å²) >= 11 is 0. The van der Waals surface area contributed by atoms with Crippen molar-refractivity contribution >= 4 is 6.21 Å². The van der Waals surface area contributed by atoms with Gasteiger partial charge in [-0.15, -0.1) is 0 Å². The minimum atomic E-state index is -4.38. The van der Waals surface area contributed by atoms with Crippen molar-refractivity contribution in [1.29, 1.82) is 5.26 Å². The second-order valence-corrected chi connectivity index (χ2v) is 4.36. The zero-order valence-corrected chi connectivity index (χ0v) is 11.3. The molecule has 0 aliphatic carbocycles. The summed E-state index contributed by atoms with van der Waals surface area (Å²) in [6.07, 6.45) is -1.80. The summed E-state index contributed by atoms with van der Waals surface area (Å²) in [4.78, 5) is 4.93. The van der Waals surface area contributed by atoms with E-state index >= 15 is 0 Å². The van der Waals surface area contributed by atoms with Crippen LogP contribution >= 0.6 is 0 Å². The van der Waals surface area contributed by atoms with Gasteiger partial charge in [0.05, 0.1) is 17.2 Å². The number of nitriles is 1. The number of nitrogens with zero attached hydrogens (tertiary/aromatic N) is 2. The van der Waals surface area contributed by atoms with E-state index in [9.17, 15) is 13.2 Å². The summed E-state index contributed by atoms with van der Waals surface area (Å²) in [6.45, 7) is -0.0901. The van der Waals surface area contributed by atoms with Crippen LogP contribution in [0.15, 0.2) is 53.7 Å². The number of benzene rings is 2. The summed E-state index contributed by atoms with van der Waals surface area (Å²) in [6, 6.07) is 13.3. The van der Waals surface area contributed by atoms with E-state index in [0.717, 1.165) is 12.1 Å². The number of hydrogen-bond donors (Lipinski definition) is 0. The van der Waals surface area contributed by atoms with Gasteiger partial charge in [-0.3, -0.25) is 0 Å². The lowest BCUT2D eigenvalue weighted by atomic mass is 10.1. The standard InChI is InChI=1S/C16H10F3N2O/c17-16(18,19)15-3-1-2-14(8-15)11-22-21-10-13-6-4-12(9-20)5-7-13/h1-8H,11H2. The van der Waals surface area contributed by atoms with Crippen molar-refractivity contribution in [2.24, 2.45) is 5.16 Å². The molecular formula is C16H10F3N2O. The first kappa shape index (κ1) is 15.6. The molecule has 0 heterocycles. The van der Waals surface area contributed by atoms with Gasteiger partial charge in [0.25, 0.3) is 0 Å². The highest BCUT2D eigenvalue weighted by Crippen LogP contribution is 2.29. The molecule has 6 heteroatoms. The maximum Gasteiger partial charge on any atom is 0.416 e. The summed E-state index contributed by atoms with van der Waals surface area (Å²) in [5.41, 5.74) is 0.743. The van der Waals surface area contributed by atoms with Crippen molar-refractivity contribution in [1.82, 2.24) is 0 Å². The Morgan fingerprint density at radius 3 is 2.36 bits per heavy atom. The molecule has 1 radical (unpaired) electrons.